The predicted octanol–water partition coefficient (Wildman–Crippen LogP) is 4.59. The van der Waals surface area contributed by atoms with E-state index in [-0.39, 0.29) is 36.5 Å². The van der Waals surface area contributed by atoms with Crippen LogP contribution in [-0.4, -0.2) is 54.9 Å². The average molecular weight is 577 g/mol. The highest BCUT2D eigenvalue weighted by molar-refractivity contribution is 7.99. The highest BCUT2D eigenvalue weighted by Crippen LogP contribution is 2.43. The summed E-state index contributed by atoms with van der Waals surface area (Å²) in [5, 5.41) is 37.4. The van der Waals surface area contributed by atoms with Crippen LogP contribution in [0.3, 0.4) is 0 Å². The van der Waals surface area contributed by atoms with Crippen molar-refractivity contribution in [1.29, 1.82) is 0 Å². The van der Waals surface area contributed by atoms with E-state index in [0.29, 0.717) is 23.1 Å². The predicted molar refractivity (Wildman–Crippen MR) is 154 cm³/mol. The molecule has 4 aromatic rings. The SMILES string of the molecule is CCNC(=O)Nc1ccc([C@@H]2O[C@H](CSc3nnnn3-c3ccc(O)cc3)[C@H](C)[C@H](c3ccc(CO)cc3)O2)cc1. The van der Waals surface area contributed by atoms with E-state index in [2.05, 4.69) is 33.1 Å². The summed E-state index contributed by atoms with van der Waals surface area (Å²) < 4.78 is 14.6. The van der Waals surface area contributed by atoms with Crippen LogP contribution < -0.4 is 10.6 Å². The van der Waals surface area contributed by atoms with Crippen LogP contribution in [0.4, 0.5) is 10.5 Å². The second-order valence-corrected chi connectivity index (χ2v) is 10.6. The van der Waals surface area contributed by atoms with Gasteiger partial charge in [-0.2, -0.15) is 4.68 Å². The molecule has 1 saturated heterocycles. The zero-order chi connectivity index (χ0) is 28.8. The van der Waals surface area contributed by atoms with Crippen LogP contribution in [0, 0.1) is 5.92 Å². The van der Waals surface area contributed by atoms with Gasteiger partial charge >= 0.3 is 6.03 Å². The van der Waals surface area contributed by atoms with Crippen LogP contribution >= 0.6 is 11.8 Å². The van der Waals surface area contributed by atoms with E-state index in [1.807, 2.05) is 55.5 Å². The highest BCUT2D eigenvalue weighted by atomic mass is 32.2. The lowest BCUT2D eigenvalue weighted by atomic mass is 9.91. The molecule has 3 aromatic carbocycles. The zero-order valence-electron chi connectivity index (χ0n) is 22.7. The summed E-state index contributed by atoms with van der Waals surface area (Å²) in [7, 11) is 0. The van der Waals surface area contributed by atoms with Crippen molar-refractivity contribution in [2.24, 2.45) is 5.92 Å². The Morgan fingerprint density at radius 3 is 2.39 bits per heavy atom. The molecule has 0 aliphatic carbocycles. The Labute approximate surface area is 241 Å². The third-order valence-corrected chi connectivity index (χ3v) is 7.82. The van der Waals surface area contributed by atoms with Gasteiger partial charge in [0.05, 0.1) is 24.5 Å². The van der Waals surface area contributed by atoms with E-state index < -0.39 is 6.29 Å². The topological polar surface area (TPSA) is 144 Å². The minimum Gasteiger partial charge on any atom is -0.508 e. The normalized spacial score (nSPS) is 20.5. The van der Waals surface area contributed by atoms with E-state index >= 15 is 0 Å². The number of aromatic hydroxyl groups is 1. The number of aliphatic hydroxyl groups is 1. The van der Waals surface area contributed by atoms with Crippen LogP contribution in [-0.2, 0) is 16.1 Å². The first-order valence-corrected chi connectivity index (χ1v) is 14.3. The van der Waals surface area contributed by atoms with Crippen molar-refractivity contribution < 1.29 is 24.5 Å². The van der Waals surface area contributed by atoms with Crippen LogP contribution in [0.1, 0.15) is 42.9 Å². The van der Waals surface area contributed by atoms with Crippen LogP contribution in [0.15, 0.2) is 78.0 Å². The molecule has 1 aliphatic heterocycles. The summed E-state index contributed by atoms with van der Waals surface area (Å²) in [6, 6.07) is 21.5. The second-order valence-electron chi connectivity index (χ2n) is 9.63. The van der Waals surface area contributed by atoms with Crippen molar-refractivity contribution >= 4 is 23.5 Å². The molecule has 1 fully saturated rings. The third-order valence-electron chi connectivity index (χ3n) is 6.81. The molecule has 0 radical (unpaired) electrons. The molecule has 4 N–H and O–H groups in total. The van der Waals surface area contributed by atoms with Gasteiger partial charge in [-0.25, -0.2) is 4.79 Å². The number of aromatic nitrogens is 4. The number of phenols is 1. The number of urea groups is 1. The number of hydrogen-bond acceptors (Lipinski definition) is 9. The molecule has 1 aliphatic rings. The molecule has 4 atom stereocenters. The van der Waals surface area contributed by atoms with Crippen molar-refractivity contribution in [1.82, 2.24) is 25.5 Å². The number of nitrogens with one attached hydrogen (secondary N) is 2. The summed E-state index contributed by atoms with van der Waals surface area (Å²) in [6.07, 6.45) is -1.14. The minimum atomic E-state index is -0.647. The largest absolute Gasteiger partial charge is 0.508 e. The van der Waals surface area contributed by atoms with Gasteiger partial charge in [-0.15, -0.1) is 5.10 Å². The fourth-order valence-electron chi connectivity index (χ4n) is 4.55. The zero-order valence-corrected chi connectivity index (χ0v) is 23.5. The first-order valence-electron chi connectivity index (χ1n) is 13.3. The molecule has 12 heteroatoms. The number of rotatable bonds is 9. The molecule has 0 saturated carbocycles. The molecule has 0 unspecified atom stereocenters. The molecular weight excluding hydrogens is 544 g/mol. The molecule has 0 spiro atoms. The van der Waals surface area contributed by atoms with Crippen molar-refractivity contribution in [3.8, 4) is 11.4 Å². The molecular formula is C29H32N6O5S. The standard InChI is InChI=1S/C29H32N6O5S/c1-3-30-28(38)31-22-10-8-21(9-11-22)27-39-25(18(2)26(40-27)20-6-4-19(16-36)5-7-20)17-41-29-32-33-34-35(29)23-12-14-24(37)15-13-23/h4-15,18,25-27,36-37H,3,16-17H2,1-2H3,(H2,30,31,38)/t18-,25+,26+,27+/m0/s1. The van der Waals surface area contributed by atoms with Gasteiger partial charge in [0.2, 0.25) is 5.16 Å². The van der Waals surface area contributed by atoms with Gasteiger partial charge in [-0.05, 0) is 64.9 Å². The Morgan fingerprint density at radius 1 is 1.00 bits per heavy atom. The molecule has 2 amide bonds. The lowest BCUT2D eigenvalue weighted by Gasteiger charge is -2.41. The Hall–Kier alpha value is -3.97. The average Bonchev–Trinajstić information content (AvgIpc) is 3.46. The number of tetrazole rings is 1. The van der Waals surface area contributed by atoms with Gasteiger partial charge in [-0.3, -0.25) is 0 Å². The Balaban J connectivity index is 1.36. The molecule has 5 rings (SSSR count). The Morgan fingerprint density at radius 2 is 1.71 bits per heavy atom. The molecule has 0 bridgehead atoms. The summed E-state index contributed by atoms with van der Waals surface area (Å²) in [5.41, 5.74) is 4.03. The van der Waals surface area contributed by atoms with E-state index in [1.54, 1.807) is 28.9 Å². The Bertz CT molecular complexity index is 1430. The second kappa shape index (κ2) is 13.1. The van der Waals surface area contributed by atoms with E-state index in [9.17, 15) is 15.0 Å². The number of thioether (sulfide) groups is 1. The number of ether oxygens (including phenoxy) is 2. The first-order chi connectivity index (χ1) is 19.9. The number of hydrogen-bond donors (Lipinski definition) is 4. The summed E-state index contributed by atoms with van der Waals surface area (Å²) in [4.78, 5) is 11.9. The number of anilines is 1. The van der Waals surface area contributed by atoms with Gasteiger partial charge in [0.1, 0.15) is 5.75 Å². The number of nitrogens with zero attached hydrogens (tertiary/aromatic N) is 4. The molecule has 214 valence electrons. The highest BCUT2D eigenvalue weighted by Gasteiger charge is 2.38. The molecule has 2 heterocycles. The fraction of sp³-hybridized carbons (Fsp3) is 0.310. The monoisotopic (exact) mass is 576 g/mol. The minimum absolute atomic E-state index is 0.0181. The molecule has 1 aromatic heterocycles. The van der Waals surface area contributed by atoms with Gasteiger partial charge in [-0.1, -0.05) is 55.1 Å². The summed E-state index contributed by atoms with van der Waals surface area (Å²) in [5.74, 6) is 0.703. The summed E-state index contributed by atoms with van der Waals surface area (Å²) >= 11 is 1.47. The fourth-order valence-corrected chi connectivity index (χ4v) is 5.60. The number of aliphatic hydroxyl groups excluding tert-OH is 1. The lowest BCUT2D eigenvalue weighted by molar-refractivity contribution is -0.268. The third kappa shape index (κ3) is 6.85. The molecule has 11 nitrogen and oxygen atoms in total. The number of carbonyl (C=O) groups excluding carboxylic acids is 1. The smallest absolute Gasteiger partial charge is 0.319 e. The van der Waals surface area contributed by atoms with Crippen molar-refractivity contribution in [2.75, 3.05) is 17.6 Å². The van der Waals surface area contributed by atoms with Gasteiger partial charge in [0.15, 0.2) is 6.29 Å². The van der Waals surface area contributed by atoms with Gasteiger partial charge in [0, 0.05) is 29.5 Å². The quantitative estimate of drug-likeness (QED) is 0.210. The molecule has 41 heavy (non-hydrogen) atoms. The lowest BCUT2D eigenvalue weighted by Crippen LogP contribution is -2.38. The first kappa shape index (κ1) is 28.6. The maximum absolute atomic E-state index is 11.9. The Kier molecular flexibility index (Phi) is 9.14. The number of carbonyl (C=O) groups is 1. The van der Waals surface area contributed by atoms with E-state index in [0.717, 1.165) is 22.4 Å². The number of benzene rings is 3. The van der Waals surface area contributed by atoms with Gasteiger partial charge < -0.3 is 30.3 Å². The maximum Gasteiger partial charge on any atom is 0.319 e. The maximum atomic E-state index is 11.9. The van der Waals surface area contributed by atoms with Crippen LogP contribution in [0.5, 0.6) is 5.75 Å². The van der Waals surface area contributed by atoms with Gasteiger partial charge in [0.25, 0.3) is 0 Å². The summed E-state index contributed by atoms with van der Waals surface area (Å²) in [6.45, 7) is 4.46. The number of phenolic OH excluding ortho intramolecular Hbond substituents is 1. The van der Waals surface area contributed by atoms with E-state index in [1.165, 1.54) is 11.8 Å². The van der Waals surface area contributed by atoms with Crippen molar-refractivity contribution in [3.05, 3.63) is 89.5 Å². The van der Waals surface area contributed by atoms with Crippen molar-refractivity contribution in [3.63, 3.8) is 0 Å². The van der Waals surface area contributed by atoms with Crippen molar-refractivity contribution in [2.45, 2.75) is 44.1 Å². The number of amides is 2. The van der Waals surface area contributed by atoms with Crippen LogP contribution in [0.2, 0.25) is 0 Å². The van der Waals surface area contributed by atoms with Crippen LogP contribution in [0.25, 0.3) is 5.69 Å². The van der Waals surface area contributed by atoms with E-state index in [4.69, 9.17) is 9.47 Å².